The van der Waals surface area contributed by atoms with Crippen LogP contribution < -0.4 is 10.5 Å². The number of rotatable bonds is 2. The third-order valence-corrected chi connectivity index (χ3v) is 6.63. The Kier molecular flexibility index (Phi) is 4.35. The number of fused-ring (bicyclic) bond motifs is 4. The number of carbonyl (C=O) groups excluding carboxylic acids is 1. The topological polar surface area (TPSA) is 106 Å². The van der Waals surface area contributed by atoms with Crippen LogP contribution in [-0.4, -0.2) is 49.5 Å². The van der Waals surface area contributed by atoms with Gasteiger partial charge in [-0.1, -0.05) is 17.9 Å². The maximum Gasteiger partial charge on any atom is 0.254 e. The first-order valence-electron chi connectivity index (χ1n) is 11.2. The summed E-state index contributed by atoms with van der Waals surface area (Å²) < 4.78 is 7.81. The van der Waals surface area contributed by atoms with Crippen molar-refractivity contribution in [3.8, 4) is 17.6 Å². The van der Waals surface area contributed by atoms with Crippen molar-refractivity contribution < 1.29 is 14.6 Å². The Morgan fingerprint density at radius 3 is 2.88 bits per heavy atom. The van der Waals surface area contributed by atoms with Crippen LogP contribution in [-0.2, 0) is 0 Å². The van der Waals surface area contributed by atoms with E-state index in [1.54, 1.807) is 24.2 Å². The normalized spacial score (nSPS) is 17.7. The van der Waals surface area contributed by atoms with E-state index in [2.05, 4.69) is 21.8 Å². The lowest BCUT2D eigenvalue weighted by atomic mass is 10.0. The van der Waals surface area contributed by atoms with Gasteiger partial charge in [-0.05, 0) is 50.1 Å². The number of likely N-dealkylation sites (N-methyl/N-ethyl adjacent to an activating group) is 1. The highest BCUT2D eigenvalue weighted by Crippen LogP contribution is 2.37. The Labute approximate surface area is 196 Å². The van der Waals surface area contributed by atoms with Gasteiger partial charge in [0.1, 0.15) is 35.1 Å². The summed E-state index contributed by atoms with van der Waals surface area (Å²) in [5.74, 6) is 7.71. The van der Waals surface area contributed by atoms with Gasteiger partial charge in [0.2, 0.25) is 0 Å². The minimum absolute atomic E-state index is 0.120. The molecule has 0 bridgehead atoms. The number of nitrogens with zero attached hydrogens (tertiary/aromatic N) is 4. The second-order valence-corrected chi connectivity index (χ2v) is 9.00. The molecule has 2 aliphatic rings. The van der Waals surface area contributed by atoms with Crippen molar-refractivity contribution in [2.24, 2.45) is 0 Å². The summed E-state index contributed by atoms with van der Waals surface area (Å²) >= 11 is 0. The van der Waals surface area contributed by atoms with E-state index in [0.717, 1.165) is 35.3 Å². The number of imidazole rings is 1. The molecule has 8 heteroatoms. The van der Waals surface area contributed by atoms with Gasteiger partial charge < -0.3 is 20.5 Å². The van der Waals surface area contributed by atoms with Gasteiger partial charge in [-0.2, -0.15) is 0 Å². The third kappa shape index (κ3) is 3.25. The van der Waals surface area contributed by atoms with Crippen LogP contribution in [0.5, 0.6) is 5.75 Å². The highest BCUT2D eigenvalue weighted by atomic mass is 16.5. The fourth-order valence-electron chi connectivity index (χ4n) is 4.41. The van der Waals surface area contributed by atoms with Crippen LogP contribution in [0.1, 0.15) is 46.2 Å². The molecule has 1 amide bonds. The summed E-state index contributed by atoms with van der Waals surface area (Å²) in [6, 6.07) is 10.9. The molecular weight excluding hydrogens is 430 g/mol. The van der Waals surface area contributed by atoms with Crippen LogP contribution in [0.3, 0.4) is 0 Å². The van der Waals surface area contributed by atoms with Gasteiger partial charge in [0, 0.05) is 23.7 Å². The highest BCUT2D eigenvalue weighted by Gasteiger charge is 2.38. The van der Waals surface area contributed by atoms with E-state index in [9.17, 15) is 9.90 Å². The van der Waals surface area contributed by atoms with Crippen molar-refractivity contribution in [3.63, 3.8) is 0 Å². The molecule has 170 valence electrons. The summed E-state index contributed by atoms with van der Waals surface area (Å²) in [5, 5.41) is 9.94. The van der Waals surface area contributed by atoms with Crippen molar-refractivity contribution in [2.75, 3.05) is 19.4 Å². The number of hydrogen-bond donors (Lipinski definition) is 2. The molecule has 0 saturated heterocycles. The molecule has 2 aromatic carbocycles. The molecule has 1 fully saturated rings. The van der Waals surface area contributed by atoms with E-state index >= 15 is 0 Å². The van der Waals surface area contributed by atoms with Gasteiger partial charge >= 0.3 is 0 Å². The number of benzene rings is 2. The van der Waals surface area contributed by atoms with Gasteiger partial charge in [-0.25, -0.2) is 9.97 Å². The molecule has 3 heterocycles. The predicted molar refractivity (Wildman–Crippen MR) is 127 cm³/mol. The van der Waals surface area contributed by atoms with E-state index in [4.69, 9.17) is 10.5 Å². The second kappa shape index (κ2) is 7.20. The quantitative estimate of drug-likeness (QED) is 0.452. The fourth-order valence-corrected chi connectivity index (χ4v) is 4.41. The molecule has 0 unspecified atom stereocenters. The summed E-state index contributed by atoms with van der Waals surface area (Å²) in [7, 11) is 1.78. The lowest BCUT2D eigenvalue weighted by Gasteiger charge is -2.24. The smallest absolute Gasteiger partial charge is 0.254 e. The van der Waals surface area contributed by atoms with Crippen LogP contribution >= 0.6 is 0 Å². The van der Waals surface area contributed by atoms with Gasteiger partial charge in [0.05, 0.1) is 23.3 Å². The highest BCUT2D eigenvalue weighted by molar-refractivity contribution is 5.98. The van der Waals surface area contributed by atoms with E-state index in [1.165, 1.54) is 0 Å². The minimum atomic E-state index is -0.822. The molecule has 0 radical (unpaired) electrons. The number of aryl methyl sites for hydroxylation is 1. The first-order valence-corrected chi connectivity index (χ1v) is 11.2. The molecule has 4 aromatic rings. The van der Waals surface area contributed by atoms with Crippen LogP contribution in [0.4, 0.5) is 5.82 Å². The number of aliphatic hydroxyl groups is 1. The SMILES string of the molecule is Cc1ncc2c(N)nc3ccc(C(=O)N(C)[C@@H]4COc5cc(C#CC6(O)CC6)ccc54)cc3n12. The standard InChI is InChI=1S/C26H23N5O3/c1-15-28-13-21-24(27)29-19-6-4-17(12-20(19)31(15)21)25(32)30(2)22-14-34-23-11-16(3-5-18(22)23)7-8-26(33)9-10-26/h3-6,11-13,22,33H,9-10,14H2,1-2H3,(H2,27,29)/t22-/m1/s1. The van der Waals surface area contributed by atoms with Gasteiger partial charge in [0.15, 0.2) is 0 Å². The largest absolute Gasteiger partial charge is 0.491 e. The van der Waals surface area contributed by atoms with E-state index in [0.29, 0.717) is 34.8 Å². The van der Waals surface area contributed by atoms with Crippen molar-refractivity contribution in [1.29, 1.82) is 0 Å². The average molecular weight is 454 g/mol. The number of nitrogens with two attached hydrogens (primary N) is 1. The zero-order valence-electron chi connectivity index (χ0n) is 18.9. The Bertz CT molecular complexity index is 1560. The number of hydrogen-bond acceptors (Lipinski definition) is 6. The first-order chi connectivity index (χ1) is 16.3. The van der Waals surface area contributed by atoms with Crippen LogP contribution in [0.25, 0.3) is 16.6 Å². The molecule has 1 aliphatic carbocycles. The summed E-state index contributed by atoms with van der Waals surface area (Å²) in [5.41, 5.74) is 9.73. The zero-order valence-corrected chi connectivity index (χ0v) is 18.9. The van der Waals surface area contributed by atoms with E-state index < -0.39 is 5.60 Å². The minimum Gasteiger partial charge on any atom is -0.491 e. The lowest BCUT2D eigenvalue weighted by Crippen LogP contribution is -2.32. The van der Waals surface area contributed by atoms with Crippen LogP contribution in [0.2, 0.25) is 0 Å². The van der Waals surface area contributed by atoms with Crippen molar-refractivity contribution >= 4 is 28.3 Å². The third-order valence-electron chi connectivity index (χ3n) is 6.63. The summed E-state index contributed by atoms with van der Waals surface area (Å²) in [6.07, 6.45) is 3.13. The molecular formula is C26H23N5O3. The molecule has 1 aliphatic heterocycles. The molecule has 1 saturated carbocycles. The van der Waals surface area contributed by atoms with Crippen LogP contribution in [0.15, 0.2) is 42.6 Å². The Balaban J connectivity index is 1.31. The second-order valence-electron chi connectivity index (χ2n) is 9.00. The average Bonchev–Trinajstić information content (AvgIpc) is 3.24. The number of amides is 1. The van der Waals surface area contributed by atoms with E-state index in [-0.39, 0.29) is 11.9 Å². The van der Waals surface area contributed by atoms with Gasteiger partial charge in [-0.15, -0.1) is 0 Å². The number of aromatic nitrogens is 3. The molecule has 34 heavy (non-hydrogen) atoms. The number of carbonyl (C=O) groups is 1. The molecule has 0 spiro atoms. The monoisotopic (exact) mass is 453 g/mol. The number of ether oxygens (including phenoxy) is 1. The maximum absolute atomic E-state index is 13.4. The summed E-state index contributed by atoms with van der Waals surface area (Å²) in [4.78, 5) is 24.0. The summed E-state index contributed by atoms with van der Waals surface area (Å²) in [6.45, 7) is 2.26. The molecule has 6 rings (SSSR count). The van der Waals surface area contributed by atoms with Gasteiger partial charge in [0.25, 0.3) is 5.91 Å². The first kappa shape index (κ1) is 20.5. The predicted octanol–water partition coefficient (Wildman–Crippen LogP) is 2.86. The Morgan fingerprint density at radius 1 is 1.26 bits per heavy atom. The Hall–Kier alpha value is -4.09. The zero-order chi connectivity index (χ0) is 23.6. The Morgan fingerprint density at radius 2 is 2.09 bits per heavy atom. The number of nitrogen functional groups attached to an aromatic ring is 1. The fraction of sp³-hybridized carbons (Fsp3) is 0.269. The van der Waals surface area contributed by atoms with Crippen molar-refractivity contribution in [3.05, 3.63) is 65.1 Å². The maximum atomic E-state index is 13.4. The van der Waals surface area contributed by atoms with Crippen molar-refractivity contribution in [1.82, 2.24) is 19.3 Å². The molecule has 2 aromatic heterocycles. The van der Waals surface area contributed by atoms with Crippen molar-refractivity contribution in [2.45, 2.75) is 31.4 Å². The molecule has 3 N–H and O–H groups in total. The van der Waals surface area contributed by atoms with Crippen LogP contribution in [0, 0.1) is 18.8 Å². The lowest BCUT2D eigenvalue weighted by molar-refractivity contribution is 0.0708. The van der Waals surface area contributed by atoms with Gasteiger partial charge in [-0.3, -0.25) is 9.20 Å². The molecule has 1 atom stereocenters. The molecule has 8 nitrogen and oxygen atoms in total. The number of anilines is 1. The van der Waals surface area contributed by atoms with E-state index in [1.807, 2.05) is 41.7 Å².